The number of aromatic nitrogens is 4. The molecular weight excluding hydrogens is 342 g/mol. The van der Waals surface area contributed by atoms with Crippen molar-refractivity contribution in [2.75, 3.05) is 12.8 Å². The van der Waals surface area contributed by atoms with Gasteiger partial charge < -0.3 is 14.8 Å². The summed E-state index contributed by atoms with van der Waals surface area (Å²) in [4.78, 5) is 21.0. The van der Waals surface area contributed by atoms with E-state index in [-0.39, 0.29) is 18.9 Å². The van der Waals surface area contributed by atoms with Crippen molar-refractivity contribution < 1.29 is 14.3 Å². The molecule has 1 amide bonds. The monoisotopic (exact) mass is 361 g/mol. The summed E-state index contributed by atoms with van der Waals surface area (Å²) in [6.07, 6.45) is 2.66. The lowest BCUT2D eigenvalue weighted by Gasteiger charge is -2.12. The fourth-order valence-corrected chi connectivity index (χ4v) is 2.88. The van der Waals surface area contributed by atoms with Crippen LogP contribution in [0.3, 0.4) is 0 Å². The van der Waals surface area contributed by atoms with Crippen LogP contribution in [-0.4, -0.2) is 43.4 Å². The number of thioether (sulfide) groups is 1. The van der Waals surface area contributed by atoms with Gasteiger partial charge in [0.25, 0.3) is 5.78 Å². The fourth-order valence-electron chi connectivity index (χ4n) is 2.55. The normalized spacial score (nSPS) is 12.5. The first kappa shape index (κ1) is 17.4. The average Bonchev–Trinajstić information content (AvgIpc) is 3.25. The van der Waals surface area contributed by atoms with Crippen LogP contribution in [0.1, 0.15) is 28.8 Å². The summed E-state index contributed by atoms with van der Waals surface area (Å²) in [5, 5.41) is 17.7. The van der Waals surface area contributed by atoms with E-state index in [4.69, 9.17) is 4.42 Å². The zero-order valence-electron chi connectivity index (χ0n) is 14.2. The van der Waals surface area contributed by atoms with Gasteiger partial charge in [0.05, 0.1) is 19.2 Å². The highest BCUT2D eigenvalue weighted by Crippen LogP contribution is 2.17. The Balaban J connectivity index is 1.72. The summed E-state index contributed by atoms with van der Waals surface area (Å²) >= 11 is 1.44. The molecule has 0 aliphatic heterocycles. The molecule has 0 fully saturated rings. The van der Waals surface area contributed by atoms with Gasteiger partial charge in [-0.2, -0.15) is 4.98 Å². The number of rotatable bonds is 6. The number of furan rings is 1. The first-order valence-corrected chi connectivity index (χ1v) is 8.97. The standard InChI is InChI=1S/C16H19N5O3S/c1-9-11(10(2)21-15(18-9)19-16(20-21)25-3)7-14(23)17-8-12(22)13-5-4-6-24-13/h4-6,12,22H,7-8H2,1-3H3,(H,17,23). The molecule has 3 aromatic heterocycles. The molecular formula is C16H19N5O3S. The molecule has 132 valence electrons. The molecule has 0 saturated carbocycles. The number of amides is 1. The molecule has 25 heavy (non-hydrogen) atoms. The van der Waals surface area contributed by atoms with Gasteiger partial charge in [0.15, 0.2) is 0 Å². The van der Waals surface area contributed by atoms with E-state index in [9.17, 15) is 9.90 Å². The zero-order chi connectivity index (χ0) is 18.0. The Morgan fingerprint density at radius 3 is 2.92 bits per heavy atom. The average molecular weight is 361 g/mol. The van der Waals surface area contributed by atoms with Gasteiger partial charge in [0.1, 0.15) is 11.9 Å². The molecule has 0 spiro atoms. The lowest BCUT2D eigenvalue weighted by atomic mass is 10.1. The maximum atomic E-state index is 12.3. The SMILES string of the molecule is CSc1nc2nc(C)c(CC(=O)NCC(O)c3ccco3)c(C)n2n1. The predicted octanol–water partition coefficient (Wildman–Crippen LogP) is 1.45. The quantitative estimate of drug-likeness (QED) is 0.640. The molecule has 0 bridgehead atoms. The number of nitrogens with one attached hydrogen (secondary N) is 1. The van der Waals surface area contributed by atoms with Crippen LogP contribution in [0.2, 0.25) is 0 Å². The summed E-state index contributed by atoms with van der Waals surface area (Å²) in [5.41, 5.74) is 2.37. The van der Waals surface area contributed by atoms with Crippen molar-refractivity contribution in [2.24, 2.45) is 0 Å². The Labute approximate surface area is 148 Å². The number of carbonyl (C=O) groups excluding carboxylic acids is 1. The minimum absolute atomic E-state index is 0.0834. The maximum absolute atomic E-state index is 12.3. The van der Waals surface area contributed by atoms with Crippen molar-refractivity contribution in [2.45, 2.75) is 31.5 Å². The van der Waals surface area contributed by atoms with Crippen LogP contribution in [0.5, 0.6) is 0 Å². The van der Waals surface area contributed by atoms with Gasteiger partial charge in [0, 0.05) is 17.0 Å². The molecule has 0 aliphatic carbocycles. The minimum atomic E-state index is -0.874. The van der Waals surface area contributed by atoms with Gasteiger partial charge in [0.2, 0.25) is 11.1 Å². The molecule has 9 heteroatoms. The van der Waals surface area contributed by atoms with E-state index in [1.807, 2.05) is 20.1 Å². The van der Waals surface area contributed by atoms with Crippen LogP contribution in [0, 0.1) is 13.8 Å². The van der Waals surface area contributed by atoms with E-state index in [0.717, 1.165) is 17.0 Å². The molecule has 3 aromatic rings. The van der Waals surface area contributed by atoms with E-state index in [0.29, 0.717) is 16.7 Å². The third-order valence-corrected chi connectivity index (χ3v) is 4.45. The molecule has 0 aromatic carbocycles. The first-order valence-electron chi connectivity index (χ1n) is 7.74. The number of fused-ring (bicyclic) bond motifs is 1. The first-order chi connectivity index (χ1) is 12.0. The molecule has 1 unspecified atom stereocenters. The number of hydrogen-bond acceptors (Lipinski definition) is 7. The van der Waals surface area contributed by atoms with Crippen LogP contribution >= 0.6 is 11.8 Å². The van der Waals surface area contributed by atoms with Crippen molar-refractivity contribution in [3.8, 4) is 0 Å². The third kappa shape index (κ3) is 3.67. The molecule has 3 heterocycles. The van der Waals surface area contributed by atoms with Gasteiger partial charge in [-0.1, -0.05) is 11.8 Å². The third-order valence-electron chi connectivity index (χ3n) is 3.91. The molecule has 0 aliphatic rings. The maximum Gasteiger partial charge on any atom is 0.253 e. The van der Waals surface area contributed by atoms with Crippen LogP contribution in [0.25, 0.3) is 5.78 Å². The Bertz CT molecular complexity index is 891. The summed E-state index contributed by atoms with van der Waals surface area (Å²) in [6, 6.07) is 3.35. The molecule has 1 atom stereocenters. The number of carbonyl (C=O) groups is 1. The fraction of sp³-hybridized carbons (Fsp3) is 0.375. The second-order valence-electron chi connectivity index (χ2n) is 5.58. The van der Waals surface area contributed by atoms with Gasteiger partial charge in [-0.25, -0.2) is 9.50 Å². The second kappa shape index (κ2) is 7.24. The smallest absolute Gasteiger partial charge is 0.253 e. The molecule has 0 radical (unpaired) electrons. The van der Waals surface area contributed by atoms with E-state index >= 15 is 0 Å². The Kier molecular flexibility index (Phi) is 5.05. The lowest BCUT2D eigenvalue weighted by Crippen LogP contribution is -2.30. The van der Waals surface area contributed by atoms with E-state index in [1.54, 1.807) is 16.6 Å². The van der Waals surface area contributed by atoms with Crippen molar-refractivity contribution in [1.82, 2.24) is 24.9 Å². The van der Waals surface area contributed by atoms with Crippen LogP contribution in [0.4, 0.5) is 0 Å². The Morgan fingerprint density at radius 2 is 2.24 bits per heavy atom. The van der Waals surface area contributed by atoms with E-state index in [1.165, 1.54) is 18.0 Å². The zero-order valence-corrected chi connectivity index (χ0v) is 15.0. The molecule has 3 rings (SSSR count). The highest BCUT2D eigenvalue weighted by molar-refractivity contribution is 7.98. The van der Waals surface area contributed by atoms with E-state index < -0.39 is 6.10 Å². The van der Waals surface area contributed by atoms with Gasteiger partial charge in [-0.3, -0.25) is 4.79 Å². The lowest BCUT2D eigenvalue weighted by molar-refractivity contribution is -0.121. The summed E-state index contributed by atoms with van der Waals surface area (Å²) in [7, 11) is 0. The molecule has 0 saturated heterocycles. The van der Waals surface area contributed by atoms with Crippen LogP contribution in [0.15, 0.2) is 28.0 Å². The van der Waals surface area contributed by atoms with Gasteiger partial charge >= 0.3 is 0 Å². The summed E-state index contributed by atoms with van der Waals surface area (Å²) < 4.78 is 6.77. The summed E-state index contributed by atoms with van der Waals surface area (Å²) in [5.74, 6) is 0.739. The number of hydrogen-bond donors (Lipinski definition) is 2. The minimum Gasteiger partial charge on any atom is -0.467 e. The topological polar surface area (TPSA) is 106 Å². The van der Waals surface area contributed by atoms with Gasteiger partial charge in [-0.05, 0) is 32.2 Å². The number of nitrogens with zero attached hydrogens (tertiary/aromatic N) is 4. The predicted molar refractivity (Wildman–Crippen MR) is 92.4 cm³/mol. The van der Waals surface area contributed by atoms with Crippen LogP contribution < -0.4 is 5.32 Å². The molecule has 8 nitrogen and oxygen atoms in total. The Morgan fingerprint density at radius 1 is 1.44 bits per heavy atom. The molecule has 2 N–H and O–H groups in total. The highest BCUT2D eigenvalue weighted by atomic mass is 32.2. The largest absolute Gasteiger partial charge is 0.467 e. The number of aryl methyl sites for hydroxylation is 2. The number of aliphatic hydroxyl groups excluding tert-OH is 1. The van der Waals surface area contributed by atoms with Crippen molar-refractivity contribution in [3.63, 3.8) is 0 Å². The van der Waals surface area contributed by atoms with E-state index in [2.05, 4.69) is 20.4 Å². The van der Waals surface area contributed by atoms with Crippen molar-refractivity contribution in [3.05, 3.63) is 41.1 Å². The van der Waals surface area contributed by atoms with Crippen molar-refractivity contribution in [1.29, 1.82) is 0 Å². The van der Waals surface area contributed by atoms with Crippen molar-refractivity contribution >= 4 is 23.4 Å². The van der Waals surface area contributed by atoms with Crippen LogP contribution in [-0.2, 0) is 11.2 Å². The number of aliphatic hydroxyl groups is 1. The second-order valence-corrected chi connectivity index (χ2v) is 6.36. The Hall–Kier alpha value is -2.39. The van der Waals surface area contributed by atoms with Gasteiger partial charge in [-0.15, -0.1) is 5.10 Å². The summed E-state index contributed by atoms with van der Waals surface area (Å²) in [6.45, 7) is 3.82. The highest BCUT2D eigenvalue weighted by Gasteiger charge is 2.17.